The predicted octanol–water partition coefficient (Wildman–Crippen LogP) is 1.63. The number of esters is 1. The van der Waals surface area contributed by atoms with Crippen molar-refractivity contribution in [1.82, 2.24) is 0 Å². The first-order chi connectivity index (χ1) is 7.62. The fraction of sp³-hybridized carbons (Fsp3) is 0.364. The van der Waals surface area contributed by atoms with Gasteiger partial charge in [-0.1, -0.05) is 0 Å². The summed E-state index contributed by atoms with van der Waals surface area (Å²) < 4.78 is 9.72. The number of nitrogens with one attached hydrogen (secondary N) is 1. The van der Waals surface area contributed by atoms with E-state index in [1.165, 1.54) is 14.2 Å². The smallest absolute Gasteiger partial charge is 0.310 e. The number of carbonyl (C=O) groups is 1. The Morgan fingerprint density at radius 1 is 1.44 bits per heavy atom. The number of aryl methyl sites for hydroxylation is 1. The molecule has 0 aliphatic carbocycles. The molecule has 0 radical (unpaired) electrons. The molecule has 0 aliphatic heterocycles. The molecule has 1 aromatic carbocycles. The van der Waals surface area contributed by atoms with Crippen LogP contribution in [-0.4, -0.2) is 20.2 Å². The van der Waals surface area contributed by atoms with E-state index in [0.29, 0.717) is 11.4 Å². The molecule has 0 saturated heterocycles. The number of carbonyl (C=O) groups excluding carboxylic acids is 1. The zero-order valence-electron chi connectivity index (χ0n) is 9.49. The summed E-state index contributed by atoms with van der Waals surface area (Å²) in [6.45, 7) is 1.81. The SMILES string of the molecule is COC(=O)Cc1c(C)cc(N[O-])cc1OC. The second-order valence-electron chi connectivity index (χ2n) is 3.33. The van der Waals surface area contributed by atoms with Crippen molar-refractivity contribution in [1.29, 1.82) is 0 Å². The van der Waals surface area contributed by atoms with Gasteiger partial charge in [-0.05, 0) is 18.6 Å². The highest BCUT2D eigenvalue weighted by molar-refractivity contribution is 5.75. The molecule has 0 aliphatic rings. The minimum absolute atomic E-state index is 0.130. The zero-order chi connectivity index (χ0) is 12.1. The summed E-state index contributed by atoms with van der Waals surface area (Å²) in [5.74, 6) is 0.160. The average Bonchev–Trinajstić information content (AvgIpc) is 2.30. The van der Waals surface area contributed by atoms with Crippen LogP contribution in [0.4, 0.5) is 5.69 Å². The first kappa shape index (κ1) is 12.3. The maximum Gasteiger partial charge on any atom is 0.310 e. The lowest BCUT2D eigenvalue weighted by Crippen LogP contribution is -2.08. The molecule has 1 aromatic rings. The summed E-state index contributed by atoms with van der Waals surface area (Å²) in [5.41, 5.74) is 3.73. The molecule has 0 bridgehead atoms. The van der Waals surface area contributed by atoms with Crippen molar-refractivity contribution in [2.24, 2.45) is 0 Å². The molecular formula is C11H14NO4-. The van der Waals surface area contributed by atoms with Crippen LogP contribution in [0, 0.1) is 12.1 Å². The van der Waals surface area contributed by atoms with Crippen molar-refractivity contribution < 1.29 is 14.3 Å². The van der Waals surface area contributed by atoms with Crippen LogP contribution in [0.1, 0.15) is 11.1 Å². The monoisotopic (exact) mass is 224 g/mol. The standard InChI is InChI=1S/C11H14NO4/c1-7-4-8(12-14)5-10(15-2)9(7)6-11(13)16-3/h4-5,12H,6H2,1-3H3/q-1. The van der Waals surface area contributed by atoms with Crippen molar-refractivity contribution in [3.63, 3.8) is 0 Å². The number of benzene rings is 1. The lowest BCUT2D eigenvalue weighted by molar-refractivity contribution is -0.139. The highest BCUT2D eigenvalue weighted by atomic mass is 16.5. The summed E-state index contributed by atoms with van der Waals surface area (Å²) in [6.07, 6.45) is 0.130. The lowest BCUT2D eigenvalue weighted by Gasteiger charge is -2.16. The van der Waals surface area contributed by atoms with Crippen LogP contribution < -0.4 is 10.2 Å². The molecule has 0 unspecified atom stereocenters. The van der Waals surface area contributed by atoms with E-state index in [1.54, 1.807) is 17.6 Å². The van der Waals surface area contributed by atoms with Gasteiger partial charge in [0.15, 0.2) is 0 Å². The number of rotatable bonds is 4. The van der Waals surface area contributed by atoms with Crippen molar-refractivity contribution in [2.75, 3.05) is 19.7 Å². The molecule has 5 nitrogen and oxygen atoms in total. The molecule has 0 aromatic heterocycles. The number of anilines is 1. The Labute approximate surface area is 93.9 Å². The van der Waals surface area contributed by atoms with Crippen molar-refractivity contribution in [2.45, 2.75) is 13.3 Å². The fourth-order valence-corrected chi connectivity index (χ4v) is 1.47. The van der Waals surface area contributed by atoms with Gasteiger partial charge in [0.2, 0.25) is 0 Å². The van der Waals surface area contributed by atoms with Gasteiger partial charge in [0.25, 0.3) is 0 Å². The molecule has 0 spiro atoms. The van der Waals surface area contributed by atoms with E-state index in [2.05, 4.69) is 4.74 Å². The van der Waals surface area contributed by atoms with Gasteiger partial charge in [-0.15, -0.1) is 0 Å². The third-order valence-electron chi connectivity index (χ3n) is 2.32. The minimum atomic E-state index is -0.343. The Kier molecular flexibility index (Phi) is 4.13. The summed E-state index contributed by atoms with van der Waals surface area (Å²) in [6, 6.07) is 3.21. The Hall–Kier alpha value is -1.75. The van der Waals surface area contributed by atoms with E-state index in [0.717, 1.165) is 11.1 Å². The van der Waals surface area contributed by atoms with E-state index >= 15 is 0 Å². The molecule has 16 heavy (non-hydrogen) atoms. The van der Waals surface area contributed by atoms with Gasteiger partial charge < -0.3 is 20.2 Å². The van der Waals surface area contributed by atoms with Crippen molar-refractivity contribution >= 4 is 11.7 Å². The van der Waals surface area contributed by atoms with E-state index in [1.807, 2.05) is 6.92 Å². The van der Waals surface area contributed by atoms with Crippen molar-refractivity contribution in [3.05, 3.63) is 28.5 Å². The average molecular weight is 224 g/mol. The molecule has 0 saturated carbocycles. The summed E-state index contributed by atoms with van der Waals surface area (Å²) in [7, 11) is 2.82. The van der Waals surface area contributed by atoms with Crippen LogP contribution in [0.2, 0.25) is 0 Å². The maximum absolute atomic E-state index is 11.2. The van der Waals surface area contributed by atoms with Crippen LogP contribution in [0.3, 0.4) is 0 Å². The van der Waals surface area contributed by atoms with Gasteiger partial charge in [-0.3, -0.25) is 4.79 Å². The van der Waals surface area contributed by atoms with E-state index < -0.39 is 0 Å². The number of hydrogen-bond acceptors (Lipinski definition) is 5. The second kappa shape index (κ2) is 5.37. The largest absolute Gasteiger partial charge is 0.761 e. The molecule has 88 valence electrons. The van der Waals surface area contributed by atoms with Crippen LogP contribution in [-0.2, 0) is 16.0 Å². The third-order valence-corrected chi connectivity index (χ3v) is 2.32. The minimum Gasteiger partial charge on any atom is -0.761 e. The molecule has 0 fully saturated rings. The zero-order valence-corrected chi connectivity index (χ0v) is 9.49. The molecule has 1 N–H and O–H groups in total. The Morgan fingerprint density at radius 2 is 2.12 bits per heavy atom. The van der Waals surface area contributed by atoms with Crippen LogP contribution in [0.15, 0.2) is 12.1 Å². The van der Waals surface area contributed by atoms with Crippen LogP contribution in [0.5, 0.6) is 5.75 Å². The Bertz CT molecular complexity index is 390. The van der Waals surface area contributed by atoms with Gasteiger partial charge >= 0.3 is 5.97 Å². The summed E-state index contributed by atoms with van der Waals surface area (Å²) >= 11 is 0. The molecule has 0 amide bonds. The van der Waals surface area contributed by atoms with Crippen LogP contribution >= 0.6 is 0 Å². The van der Waals surface area contributed by atoms with E-state index in [9.17, 15) is 10.0 Å². The number of methoxy groups -OCH3 is 2. The quantitative estimate of drug-likeness (QED) is 0.621. The molecule has 1 rings (SSSR count). The maximum atomic E-state index is 11.2. The Balaban J connectivity index is 3.11. The topological polar surface area (TPSA) is 70.6 Å². The first-order valence-electron chi connectivity index (χ1n) is 4.74. The van der Waals surface area contributed by atoms with E-state index in [-0.39, 0.29) is 12.4 Å². The number of hydrogen-bond donors (Lipinski definition) is 1. The van der Waals surface area contributed by atoms with E-state index in [4.69, 9.17) is 4.74 Å². The third kappa shape index (κ3) is 2.64. The highest BCUT2D eigenvalue weighted by Gasteiger charge is 2.12. The normalized spacial score (nSPS) is 9.75. The highest BCUT2D eigenvalue weighted by Crippen LogP contribution is 2.27. The summed E-state index contributed by atoms with van der Waals surface area (Å²) in [5, 5.41) is 10.5. The Morgan fingerprint density at radius 3 is 2.62 bits per heavy atom. The van der Waals surface area contributed by atoms with Crippen molar-refractivity contribution in [3.8, 4) is 5.75 Å². The van der Waals surface area contributed by atoms with Gasteiger partial charge in [-0.25, -0.2) is 0 Å². The van der Waals surface area contributed by atoms with Crippen LogP contribution in [0.25, 0.3) is 0 Å². The fourth-order valence-electron chi connectivity index (χ4n) is 1.47. The summed E-state index contributed by atoms with van der Waals surface area (Å²) in [4.78, 5) is 11.2. The van der Waals surface area contributed by atoms with Gasteiger partial charge in [0.1, 0.15) is 5.75 Å². The lowest BCUT2D eigenvalue weighted by atomic mass is 10.0. The second-order valence-corrected chi connectivity index (χ2v) is 3.33. The van der Waals surface area contributed by atoms with Gasteiger partial charge in [0, 0.05) is 17.3 Å². The first-order valence-corrected chi connectivity index (χ1v) is 4.74. The van der Waals surface area contributed by atoms with Gasteiger partial charge in [-0.2, -0.15) is 0 Å². The number of ether oxygens (including phenoxy) is 2. The van der Waals surface area contributed by atoms with Gasteiger partial charge in [0.05, 0.1) is 20.6 Å². The molecular weight excluding hydrogens is 210 g/mol. The predicted molar refractivity (Wildman–Crippen MR) is 60.4 cm³/mol. The molecule has 0 atom stereocenters. The molecule has 0 heterocycles. The molecule has 5 heteroatoms.